The Morgan fingerprint density at radius 3 is 2.35 bits per heavy atom. The molecule has 0 saturated carbocycles. The van der Waals surface area contributed by atoms with Gasteiger partial charge in [-0.2, -0.15) is 0 Å². The highest BCUT2D eigenvalue weighted by Crippen LogP contribution is 2.18. The standard InChI is InChI=1S/C19H23FN2O3S/c1-26(24,25)22(18-11-9-17(20)10-12-18)15-5-8-19(23)21-14-13-16-6-3-2-4-7-16/h2-4,6-7,9-12H,5,8,13-15H2,1H3,(H,21,23). The molecule has 0 aliphatic rings. The van der Waals surface area contributed by atoms with Gasteiger partial charge in [-0.05, 0) is 42.7 Å². The molecule has 2 aromatic rings. The third kappa shape index (κ3) is 6.48. The molecule has 2 rings (SSSR count). The molecule has 0 atom stereocenters. The van der Waals surface area contributed by atoms with E-state index in [1.54, 1.807) is 0 Å². The van der Waals surface area contributed by atoms with Crippen LogP contribution in [-0.4, -0.2) is 33.7 Å². The van der Waals surface area contributed by atoms with E-state index in [-0.39, 0.29) is 18.9 Å². The van der Waals surface area contributed by atoms with E-state index in [4.69, 9.17) is 0 Å². The van der Waals surface area contributed by atoms with Crippen LogP contribution < -0.4 is 9.62 Å². The van der Waals surface area contributed by atoms with E-state index in [2.05, 4.69) is 5.32 Å². The summed E-state index contributed by atoms with van der Waals surface area (Å²) in [4.78, 5) is 11.9. The van der Waals surface area contributed by atoms with Gasteiger partial charge in [0.05, 0.1) is 11.9 Å². The number of nitrogens with zero attached hydrogens (tertiary/aromatic N) is 1. The normalized spacial score (nSPS) is 11.2. The summed E-state index contributed by atoms with van der Waals surface area (Å²) in [5.41, 5.74) is 1.53. The fourth-order valence-corrected chi connectivity index (χ4v) is 3.52. The quantitative estimate of drug-likeness (QED) is 0.730. The van der Waals surface area contributed by atoms with Crippen molar-refractivity contribution in [1.82, 2.24) is 5.32 Å². The SMILES string of the molecule is CS(=O)(=O)N(CCCC(=O)NCCc1ccccc1)c1ccc(F)cc1. The summed E-state index contributed by atoms with van der Waals surface area (Å²) >= 11 is 0. The van der Waals surface area contributed by atoms with Crippen molar-refractivity contribution in [2.24, 2.45) is 0 Å². The van der Waals surface area contributed by atoms with Gasteiger partial charge in [0.25, 0.3) is 0 Å². The van der Waals surface area contributed by atoms with Crippen molar-refractivity contribution in [2.45, 2.75) is 19.3 Å². The number of carbonyl (C=O) groups is 1. The van der Waals surface area contributed by atoms with E-state index in [0.29, 0.717) is 18.7 Å². The van der Waals surface area contributed by atoms with E-state index in [1.807, 2.05) is 30.3 Å². The number of hydrogen-bond donors (Lipinski definition) is 1. The lowest BCUT2D eigenvalue weighted by Crippen LogP contribution is -2.32. The van der Waals surface area contributed by atoms with Crippen LogP contribution in [0.4, 0.5) is 10.1 Å². The first-order valence-corrected chi connectivity index (χ1v) is 10.2. The monoisotopic (exact) mass is 378 g/mol. The van der Waals surface area contributed by atoms with Gasteiger partial charge in [0.15, 0.2) is 0 Å². The van der Waals surface area contributed by atoms with Crippen molar-refractivity contribution in [2.75, 3.05) is 23.7 Å². The molecule has 0 spiro atoms. The Labute approximate surface area is 153 Å². The van der Waals surface area contributed by atoms with Crippen LogP contribution in [0.3, 0.4) is 0 Å². The van der Waals surface area contributed by atoms with Crippen LogP contribution in [0.1, 0.15) is 18.4 Å². The highest BCUT2D eigenvalue weighted by atomic mass is 32.2. The molecule has 0 radical (unpaired) electrons. The van der Waals surface area contributed by atoms with Crippen LogP contribution in [0.15, 0.2) is 54.6 Å². The van der Waals surface area contributed by atoms with Crippen molar-refractivity contribution < 1.29 is 17.6 Å². The zero-order valence-corrected chi connectivity index (χ0v) is 15.5. The fraction of sp³-hybridized carbons (Fsp3) is 0.316. The first-order valence-electron chi connectivity index (χ1n) is 8.40. The number of rotatable bonds is 9. The second-order valence-corrected chi connectivity index (χ2v) is 7.91. The van der Waals surface area contributed by atoms with Gasteiger partial charge in [-0.25, -0.2) is 12.8 Å². The van der Waals surface area contributed by atoms with E-state index >= 15 is 0 Å². The van der Waals surface area contributed by atoms with Gasteiger partial charge in [-0.3, -0.25) is 9.10 Å². The first kappa shape index (κ1) is 19.9. The van der Waals surface area contributed by atoms with Gasteiger partial charge >= 0.3 is 0 Å². The number of carbonyl (C=O) groups excluding carboxylic acids is 1. The number of amides is 1. The predicted octanol–water partition coefficient (Wildman–Crippen LogP) is 2.73. The van der Waals surface area contributed by atoms with Gasteiger partial charge < -0.3 is 5.32 Å². The molecule has 0 aromatic heterocycles. The zero-order chi connectivity index (χ0) is 19.0. The first-order chi connectivity index (χ1) is 12.4. The molecule has 140 valence electrons. The number of halogens is 1. The summed E-state index contributed by atoms with van der Waals surface area (Å²) in [6.07, 6.45) is 2.44. The number of hydrogen-bond acceptors (Lipinski definition) is 3. The number of benzene rings is 2. The third-order valence-corrected chi connectivity index (χ3v) is 5.05. The van der Waals surface area contributed by atoms with Crippen molar-refractivity contribution in [3.63, 3.8) is 0 Å². The maximum Gasteiger partial charge on any atom is 0.232 e. The van der Waals surface area contributed by atoms with Crippen LogP contribution in [0.25, 0.3) is 0 Å². The van der Waals surface area contributed by atoms with E-state index in [9.17, 15) is 17.6 Å². The summed E-state index contributed by atoms with van der Waals surface area (Å²) in [7, 11) is -3.50. The van der Waals surface area contributed by atoms with Crippen LogP contribution in [0, 0.1) is 5.82 Å². The van der Waals surface area contributed by atoms with Gasteiger partial charge in [-0.1, -0.05) is 30.3 Å². The molecule has 2 aromatic carbocycles. The lowest BCUT2D eigenvalue weighted by Gasteiger charge is -2.22. The van der Waals surface area contributed by atoms with Crippen LogP contribution in [-0.2, 0) is 21.2 Å². The Hall–Kier alpha value is -2.41. The summed E-state index contributed by atoms with van der Waals surface area (Å²) in [6, 6.07) is 15.1. The summed E-state index contributed by atoms with van der Waals surface area (Å²) in [5.74, 6) is -0.548. The van der Waals surface area contributed by atoms with Crippen molar-refractivity contribution in [3.05, 3.63) is 66.0 Å². The predicted molar refractivity (Wildman–Crippen MR) is 101 cm³/mol. The highest BCUT2D eigenvalue weighted by molar-refractivity contribution is 7.92. The van der Waals surface area contributed by atoms with E-state index in [1.165, 1.54) is 28.6 Å². The molecule has 0 unspecified atom stereocenters. The topological polar surface area (TPSA) is 66.5 Å². The van der Waals surface area contributed by atoms with Crippen molar-refractivity contribution >= 4 is 21.6 Å². The molecule has 0 heterocycles. The molecule has 0 aliphatic heterocycles. The number of anilines is 1. The van der Waals surface area contributed by atoms with Gasteiger partial charge in [0.2, 0.25) is 15.9 Å². The maximum absolute atomic E-state index is 13.0. The molecular weight excluding hydrogens is 355 g/mol. The minimum atomic E-state index is -3.50. The molecule has 0 fully saturated rings. The highest BCUT2D eigenvalue weighted by Gasteiger charge is 2.17. The molecule has 26 heavy (non-hydrogen) atoms. The molecule has 1 amide bonds. The minimum absolute atomic E-state index is 0.117. The van der Waals surface area contributed by atoms with Crippen molar-refractivity contribution in [1.29, 1.82) is 0 Å². The average Bonchev–Trinajstić information content (AvgIpc) is 2.60. The lowest BCUT2D eigenvalue weighted by molar-refractivity contribution is -0.121. The van der Waals surface area contributed by atoms with Crippen LogP contribution in [0.2, 0.25) is 0 Å². The Morgan fingerprint density at radius 1 is 1.08 bits per heavy atom. The smallest absolute Gasteiger partial charge is 0.232 e. The van der Waals surface area contributed by atoms with Crippen LogP contribution >= 0.6 is 0 Å². The molecule has 0 saturated heterocycles. The second kappa shape index (κ2) is 9.33. The average molecular weight is 378 g/mol. The number of sulfonamides is 1. The largest absolute Gasteiger partial charge is 0.356 e. The molecule has 0 bridgehead atoms. The Balaban J connectivity index is 1.79. The van der Waals surface area contributed by atoms with Crippen LogP contribution in [0.5, 0.6) is 0 Å². The molecular formula is C19H23FN2O3S. The lowest BCUT2D eigenvalue weighted by atomic mass is 10.1. The zero-order valence-electron chi connectivity index (χ0n) is 14.7. The summed E-state index contributed by atoms with van der Waals surface area (Å²) in [6.45, 7) is 0.702. The number of nitrogens with one attached hydrogen (secondary N) is 1. The molecule has 1 N–H and O–H groups in total. The third-order valence-electron chi connectivity index (χ3n) is 3.86. The Kier molecular flexibility index (Phi) is 7.15. The van der Waals surface area contributed by atoms with Gasteiger partial charge in [0.1, 0.15) is 5.82 Å². The van der Waals surface area contributed by atoms with Crippen molar-refractivity contribution in [3.8, 4) is 0 Å². The Morgan fingerprint density at radius 2 is 1.73 bits per heavy atom. The maximum atomic E-state index is 13.0. The van der Waals surface area contributed by atoms with Gasteiger partial charge in [0, 0.05) is 19.5 Å². The summed E-state index contributed by atoms with van der Waals surface area (Å²) < 4.78 is 38.1. The second-order valence-electron chi connectivity index (χ2n) is 6.00. The molecule has 5 nitrogen and oxygen atoms in total. The minimum Gasteiger partial charge on any atom is -0.356 e. The fourth-order valence-electron chi connectivity index (χ4n) is 2.56. The Bertz CT molecular complexity index is 808. The molecule has 0 aliphatic carbocycles. The molecule has 7 heteroatoms. The van der Waals surface area contributed by atoms with E-state index < -0.39 is 15.8 Å². The summed E-state index contributed by atoms with van der Waals surface area (Å²) in [5, 5.41) is 2.83. The van der Waals surface area contributed by atoms with Gasteiger partial charge in [-0.15, -0.1) is 0 Å². The van der Waals surface area contributed by atoms with E-state index in [0.717, 1.165) is 18.2 Å².